The van der Waals surface area contributed by atoms with E-state index in [4.69, 9.17) is 10.2 Å². The summed E-state index contributed by atoms with van der Waals surface area (Å²) in [5.41, 5.74) is -0.546. The first-order valence-electron chi connectivity index (χ1n) is 2.65. The van der Waals surface area contributed by atoms with Gasteiger partial charge in [-0.25, -0.2) is 0 Å². The van der Waals surface area contributed by atoms with Crippen molar-refractivity contribution in [3.8, 4) is 5.75 Å². The van der Waals surface area contributed by atoms with Gasteiger partial charge in [-0.15, -0.1) is 0 Å². The number of hydrogen-bond acceptors (Lipinski definition) is 4. The maximum atomic E-state index is 10.6. The van der Waals surface area contributed by atoms with E-state index in [9.17, 15) is 4.79 Å². The Morgan fingerprint density at radius 2 is 2.27 bits per heavy atom. The second kappa shape index (κ2) is 4.37. The van der Waals surface area contributed by atoms with E-state index < -0.39 is 11.2 Å². The van der Waals surface area contributed by atoms with Crippen LogP contribution < -0.4 is 5.43 Å². The minimum atomic E-state index is -0.546. The number of rotatable bonds is 1. The van der Waals surface area contributed by atoms with Crippen molar-refractivity contribution < 1.29 is 17.5 Å². The van der Waals surface area contributed by atoms with Crippen molar-refractivity contribution in [1.29, 1.82) is 0 Å². The molecule has 1 rings (SSSR count). The van der Waals surface area contributed by atoms with E-state index in [1.807, 2.05) is 0 Å². The van der Waals surface area contributed by atoms with Gasteiger partial charge in [-0.05, 0) is 0 Å². The molecule has 1 heterocycles. The van der Waals surface area contributed by atoms with Gasteiger partial charge in [0.25, 0.3) is 0 Å². The molecule has 0 aliphatic rings. The first-order chi connectivity index (χ1) is 4.74. The number of hydrogen-bond donors (Lipinski definition) is 2. The fourth-order valence-electron chi connectivity index (χ4n) is 0.527. The van der Waals surface area contributed by atoms with Gasteiger partial charge in [0, 0.05) is 6.07 Å². The molecule has 0 saturated carbocycles. The quantitative estimate of drug-likeness (QED) is 0.564. The minimum absolute atomic E-state index is 0. The molecule has 0 aliphatic carbocycles. The molecule has 0 unspecified atom stereocenters. The van der Waals surface area contributed by atoms with Gasteiger partial charge in [0.05, 0.1) is 0 Å². The molecule has 5 heteroatoms. The van der Waals surface area contributed by atoms with Crippen LogP contribution in [-0.4, -0.2) is 33.3 Å². The van der Waals surface area contributed by atoms with Gasteiger partial charge in [0.1, 0.15) is 18.6 Å². The molecule has 0 bridgehead atoms. The van der Waals surface area contributed by atoms with Crippen molar-refractivity contribution in [2.24, 2.45) is 0 Å². The third-order valence-corrected chi connectivity index (χ3v) is 1.02. The first kappa shape index (κ1) is 10.5. The summed E-state index contributed by atoms with van der Waals surface area (Å²) in [4.78, 5) is 10.6. The molecular formula is C6H8MgO4. The largest absolute Gasteiger partial charge is 2.00 e. The molecule has 58 valence electrons. The van der Waals surface area contributed by atoms with E-state index in [1.54, 1.807) is 0 Å². The molecule has 0 aliphatic heterocycles. The third-order valence-electron chi connectivity index (χ3n) is 1.02. The smallest absolute Gasteiger partial charge is 1.00 e. The van der Waals surface area contributed by atoms with Crippen molar-refractivity contribution >= 4 is 23.1 Å². The SMILES string of the molecule is O=c1cc(CO)occ1O.[H-].[H-].[Mg+2]. The van der Waals surface area contributed by atoms with Crippen LogP contribution in [0.1, 0.15) is 8.61 Å². The summed E-state index contributed by atoms with van der Waals surface area (Å²) in [5, 5.41) is 17.1. The Morgan fingerprint density at radius 1 is 1.64 bits per heavy atom. The molecule has 4 nitrogen and oxygen atoms in total. The third kappa shape index (κ3) is 2.53. The Hall–Kier alpha value is -0.524. The van der Waals surface area contributed by atoms with Gasteiger partial charge in [-0.3, -0.25) is 4.79 Å². The van der Waals surface area contributed by atoms with Crippen LogP contribution >= 0.6 is 0 Å². The summed E-state index contributed by atoms with van der Waals surface area (Å²) in [7, 11) is 0. The van der Waals surface area contributed by atoms with E-state index in [2.05, 4.69) is 4.42 Å². The molecule has 2 N–H and O–H groups in total. The summed E-state index contributed by atoms with van der Waals surface area (Å²) in [6.45, 7) is -0.338. The molecule has 0 amide bonds. The summed E-state index contributed by atoms with van der Waals surface area (Å²) in [6.07, 6.45) is 0.897. The molecule has 11 heavy (non-hydrogen) atoms. The average Bonchev–Trinajstić information content (AvgIpc) is 1.95. The maximum Gasteiger partial charge on any atom is 2.00 e. The predicted molar refractivity (Wildman–Crippen MR) is 40.5 cm³/mol. The maximum absolute atomic E-state index is 10.6. The fourth-order valence-corrected chi connectivity index (χ4v) is 0.527. The fraction of sp³-hybridized carbons (Fsp3) is 0.167. The van der Waals surface area contributed by atoms with E-state index in [0.29, 0.717) is 0 Å². The minimum Gasteiger partial charge on any atom is -1.00 e. The summed E-state index contributed by atoms with van der Waals surface area (Å²) in [6, 6.07) is 1.04. The van der Waals surface area contributed by atoms with Crippen molar-refractivity contribution in [3.63, 3.8) is 0 Å². The van der Waals surface area contributed by atoms with Crippen LogP contribution in [0.4, 0.5) is 0 Å². The Balaban J connectivity index is -0.000000333. The molecule has 0 saturated heterocycles. The number of aliphatic hydroxyl groups is 1. The Morgan fingerprint density at radius 3 is 2.73 bits per heavy atom. The molecule has 0 radical (unpaired) electrons. The van der Waals surface area contributed by atoms with E-state index in [0.717, 1.165) is 12.3 Å². The summed E-state index contributed by atoms with van der Waals surface area (Å²) < 4.78 is 4.59. The zero-order valence-corrected chi connectivity index (χ0v) is 7.19. The Labute approximate surface area is 81.6 Å². The molecule has 0 atom stereocenters. The zero-order valence-electron chi connectivity index (χ0n) is 7.78. The predicted octanol–water partition coefficient (Wildman–Crippen LogP) is -0.318. The van der Waals surface area contributed by atoms with Crippen molar-refractivity contribution in [1.82, 2.24) is 0 Å². The van der Waals surface area contributed by atoms with Crippen LogP contribution in [0, 0.1) is 0 Å². The molecule has 0 fully saturated rings. The topological polar surface area (TPSA) is 70.7 Å². The van der Waals surface area contributed by atoms with Crippen molar-refractivity contribution in [2.45, 2.75) is 6.61 Å². The molecule has 1 aromatic rings. The van der Waals surface area contributed by atoms with E-state index >= 15 is 0 Å². The number of aromatic hydroxyl groups is 1. The van der Waals surface area contributed by atoms with Gasteiger partial charge in [-0.1, -0.05) is 0 Å². The molecule has 0 aromatic carbocycles. The van der Waals surface area contributed by atoms with Crippen LogP contribution in [-0.2, 0) is 6.61 Å². The van der Waals surface area contributed by atoms with Crippen LogP contribution in [0.5, 0.6) is 5.75 Å². The Bertz CT molecular complexity index is 288. The zero-order chi connectivity index (χ0) is 7.56. The first-order valence-corrected chi connectivity index (χ1v) is 2.65. The van der Waals surface area contributed by atoms with Gasteiger partial charge in [0.2, 0.25) is 5.43 Å². The van der Waals surface area contributed by atoms with Gasteiger partial charge in [-0.2, -0.15) is 0 Å². The molecule has 0 spiro atoms. The van der Waals surface area contributed by atoms with Gasteiger partial charge >= 0.3 is 23.1 Å². The van der Waals surface area contributed by atoms with Crippen molar-refractivity contribution in [3.05, 3.63) is 28.3 Å². The van der Waals surface area contributed by atoms with Crippen molar-refractivity contribution in [2.75, 3.05) is 0 Å². The van der Waals surface area contributed by atoms with Crippen LogP contribution in [0.2, 0.25) is 0 Å². The van der Waals surface area contributed by atoms with Gasteiger partial charge in [0.15, 0.2) is 5.75 Å². The van der Waals surface area contributed by atoms with Crippen LogP contribution in [0.25, 0.3) is 0 Å². The second-order valence-electron chi connectivity index (χ2n) is 1.75. The molecular weight excluding hydrogens is 160 g/mol. The monoisotopic (exact) mass is 168 g/mol. The standard InChI is InChI=1S/C6H6O4.Mg.2H/c7-2-4-1-5(8)6(9)3-10-4;;;/h1,3,7,9H,2H2;;;/q;+2;2*-1. The number of aliphatic hydroxyl groups excluding tert-OH is 1. The normalized spacial score (nSPS) is 8.82. The second-order valence-corrected chi connectivity index (χ2v) is 1.75. The van der Waals surface area contributed by atoms with Crippen LogP contribution in [0.3, 0.4) is 0 Å². The van der Waals surface area contributed by atoms with Gasteiger partial charge < -0.3 is 17.5 Å². The summed E-state index contributed by atoms with van der Waals surface area (Å²) in [5.74, 6) is -0.306. The van der Waals surface area contributed by atoms with Crippen LogP contribution in [0.15, 0.2) is 21.5 Å². The van der Waals surface area contributed by atoms with E-state index in [1.165, 1.54) is 0 Å². The summed E-state index contributed by atoms with van der Waals surface area (Å²) >= 11 is 0. The average molecular weight is 168 g/mol. The Kier molecular flexibility index (Phi) is 4.17. The van der Waals surface area contributed by atoms with E-state index in [-0.39, 0.29) is 38.3 Å². The molecule has 1 aromatic heterocycles.